The van der Waals surface area contributed by atoms with E-state index in [0.29, 0.717) is 5.56 Å². The molecule has 0 bridgehead atoms. The van der Waals surface area contributed by atoms with E-state index in [2.05, 4.69) is 15.9 Å². The zero-order valence-corrected chi connectivity index (χ0v) is 8.55. The molecule has 11 heavy (non-hydrogen) atoms. The third-order valence-electron chi connectivity index (χ3n) is 1.71. The van der Waals surface area contributed by atoms with E-state index >= 15 is 0 Å². The molecule has 60 valence electrons. The molecule has 0 saturated heterocycles. The molecule has 0 N–H and O–H groups in total. The van der Waals surface area contributed by atoms with Crippen LogP contribution in [-0.2, 0) is 0 Å². The lowest BCUT2D eigenvalue weighted by Crippen LogP contribution is -1.89. The molecule has 0 aromatic heterocycles. The summed E-state index contributed by atoms with van der Waals surface area (Å²) in [6, 6.07) is 1.57. The molecule has 0 fully saturated rings. The maximum Gasteiger partial charge on any atom is 0.145 e. The summed E-state index contributed by atoms with van der Waals surface area (Å²) in [5.41, 5.74) is 1.50. The van der Waals surface area contributed by atoms with Crippen molar-refractivity contribution in [2.24, 2.45) is 0 Å². The minimum absolute atomic E-state index is 0.167. The summed E-state index contributed by atoms with van der Waals surface area (Å²) >= 11 is 8.87. The predicted molar refractivity (Wildman–Crippen MR) is 48.6 cm³/mol. The van der Waals surface area contributed by atoms with Crippen molar-refractivity contribution >= 4 is 27.5 Å². The van der Waals surface area contributed by atoms with Crippen LogP contribution in [0.25, 0.3) is 0 Å². The van der Waals surface area contributed by atoms with E-state index < -0.39 is 0 Å². The Morgan fingerprint density at radius 2 is 1.91 bits per heavy atom. The van der Waals surface area contributed by atoms with Crippen LogP contribution in [0.15, 0.2) is 10.5 Å². The summed E-state index contributed by atoms with van der Waals surface area (Å²) in [4.78, 5) is 0. The lowest BCUT2D eigenvalue weighted by Gasteiger charge is -2.05. The van der Waals surface area contributed by atoms with Gasteiger partial charge in [-0.2, -0.15) is 0 Å². The maximum absolute atomic E-state index is 13.0. The van der Waals surface area contributed by atoms with Crippen molar-refractivity contribution < 1.29 is 4.39 Å². The second-order valence-electron chi connectivity index (χ2n) is 2.40. The Hall–Kier alpha value is -0.0800. The van der Waals surface area contributed by atoms with E-state index in [-0.39, 0.29) is 10.8 Å². The minimum Gasteiger partial charge on any atom is -0.205 e. The third-order valence-corrected chi connectivity index (χ3v) is 2.81. The van der Waals surface area contributed by atoms with Gasteiger partial charge >= 0.3 is 0 Å². The van der Waals surface area contributed by atoms with Crippen molar-refractivity contribution in [2.45, 2.75) is 13.8 Å². The monoisotopic (exact) mass is 236 g/mol. The fourth-order valence-electron chi connectivity index (χ4n) is 0.806. The summed E-state index contributed by atoms with van der Waals surface area (Å²) < 4.78 is 13.9. The molecule has 0 nitrogen and oxygen atoms in total. The Morgan fingerprint density at radius 1 is 1.36 bits per heavy atom. The van der Waals surface area contributed by atoms with Gasteiger partial charge in [-0.05, 0) is 31.0 Å². The molecule has 0 aliphatic rings. The van der Waals surface area contributed by atoms with Gasteiger partial charge in [0.2, 0.25) is 0 Å². The second kappa shape index (κ2) is 3.11. The van der Waals surface area contributed by atoms with Crippen molar-refractivity contribution in [2.75, 3.05) is 0 Å². The van der Waals surface area contributed by atoms with E-state index in [1.807, 2.05) is 6.92 Å². The van der Waals surface area contributed by atoms with Crippen molar-refractivity contribution in [3.8, 4) is 0 Å². The van der Waals surface area contributed by atoms with Gasteiger partial charge < -0.3 is 0 Å². The quantitative estimate of drug-likeness (QED) is 0.601. The summed E-state index contributed by atoms with van der Waals surface area (Å²) in [7, 11) is 0. The van der Waals surface area contributed by atoms with Crippen LogP contribution >= 0.6 is 27.5 Å². The van der Waals surface area contributed by atoms with E-state index in [1.165, 1.54) is 0 Å². The summed E-state index contributed by atoms with van der Waals surface area (Å²) in [6.45, 7) is 3.56. The van der Waals surface area contributed by atoms with Crippen LogP contribution < -0.4 is 0 Å². The normalized spacial score (nSPS) is 10.3. The fraction of sp³-hybridized carbons (Fsp3) is 0.250. The highest BCUT2D eigenvalue weighted by Crippen LogP contribution is 2.27. The molecule has 1 aromatic rings. The number of hydrogen-bond acceptors (Lipinski definition) is 0. The van der Waals surface area contributed by atoms with E-state index in [9.17, 15) is 4.39 Å². The predicted octanol–water partition coefficient (Wildman–Crippen LogP) is 3.86. The van der Waals surface area contributed by atoms with Crippen molar-refractivity contribution in [1.82, 2.24) is 0 Å². The van der Waals surface area contributed by atoms with Crippen LogP contribution in [0.2, 0.25) is 5.02 Å². The lowest BCUT2D eigenvalue weighted by atomic mass is 10.1. The molecule has 0 spiro atoms. The number of hydrogen-bond donors (Lipinski definition) is 0. The zero-order chi connectivity index (χ0) is 8.59. The van der Waals surface area contributed by atoms with Gasteiger partial charge in [-0.1, -0.05) is 27.5 Å². The third kappa shape index (κ3) is 1.57. The SMILES string of the molecule is Cc1c(Br)cc(Cl)c(F)c1C. The van der Waals surface area contributed by atoms with Crippen LogP contribution in [0.5, 0.6) is 0 Å². The Balaban J connectivity index is 3.46. The summed E-state index contributed by atoms with van der Waals surface area (Å²) in [5.74, 6) is -0.327. The molecule has 3 heteroatoms. The standard InChI is InChI=1S/C8H7BrClF/c1-4-5(2)8(11)7(10)3-6(4)9/h3H,1-2H3. The molecule has 1 rings (SSSR count). The Morgan fingerprint density at radius 3 is 2.45 bits per heavy atom. The molecule has 0 radical (unpaired) electrons. The number of halogens is 3. The fourth-order valence-corrected chi connectivity index (χ4v) is 1.71. The molecular formula is C8H7BrClF. The highest BCUT2D eigenvalue weighted by atomic mass is 79.9. The van der Waals surface area contributed by atoms with E-state index in [4.69, 9.17) is 11.6 Å². The average molecular weight is 237 g/mol. The Bertz CT molecular complexity index is 270. The average Bonchev–Trinajstić information content (AvgIpc) is 1.97. The first-order chi connectivity index (χ1) is 5.04. The molecule has 0 aliphatic carbocycles. The maximum atomic E-state index is 13.0. The molecule has 0 atom stereocenters. The van der Waals surface area contributed by atoms with E-state index in [1.54, 1.807) is 13.0 Å². The smallest absolute Gasteiger partial charge is 0.145 e. The second-order valence-corrected chi connectivity index (χ2v) is 3.67. The largest absolute Gasteiger partial charge is 0.205 e. The topological polar surface area (TPSA) is 0 Å². The van der Waals surface area contributed by atoms with Gasteiger partial charge in [-0.3, -0.25) is 0 Å². The molecule has 0 unspecified atom stereocenters. The van der Waals surface area contributed by atoms with Gasteiger partial charge in [0, 0.05) is 4.47 Å². The van der Waals surface area contributed by atoms with Crippen molar-refractivity contribution in [1.29, 1.82) is 0 Å². The highest BCUT2D eigenvalue weighted by molar-refractivity contribution is 9.10. The van der Waals surface area contributed by atoms with Gasteiger partial charge in [-0.25, -0.2) is 4.39 Å². The zero-order valence-electron chi connectivity index (χ0n) is 6.21. The van der Waals surface area contributed by atoms with Crippen LogP contribution in [0, 0.1) is 19.7 Å². The minimum atomic E-state index is -0.327. The van der Waals surface area contributed by atoms with Gasteiger partial charge in [0.15, 0.2) is 0 Å². The molecule has 0 heterocycles. The molecule has 1 aromatic carbocycles. The van der Waals surface area contributed by atoms with Crippen LogP contribution in [0.1, 0.15) is 11.1 Å². The summed E-state index contributed by atoms with van der Waals surface area (Å²) in [6.07, 6.45) is 0. The number of rotatable bonds is 0. The lowest BCUT2D eigenvalue weighted by molar-refractivity contribution is 0.617. The molecule has 0 aliphatic heterocycles. The van der Waals surface area contributed by atoms with Crippen molar-refractivity contribution in [3.05, 3.63) is 32.5 Å². The van der Waals surface area contributed by atoms with Crippen LogP contribution in [0.3, 0.4) is 0 Å². The molecular weight excluding hydrogens is 230 g/mol. The van der Waals surface area contributed by atoms with Gasteiger partial charge in [0.05, 0.1) is 5.02 Å². The number of benzene rings is 1. The van der Waals surface area contributed by atoms with Crippen LogP contribution in [0.4, 0.5) is 4.39 Å². The first-order valence-corrected chi connectivity index (χ1v) is 4.32. The van der Waals surface area contributed by atoms with Crippen molar-refractivity contribution in [3.63, 3.8) is 0 Å². The van der Waals surface area contributed by atoms with E-state index in [0.717, 1.165) is 10.0 Å². The summed E-state index contributed by atoms with van der Waals surface area (Å²) in [5, 5.41) is 0.167. The Kier molecular flexibility index (Phi) is 2.55. The first kappa shape index (κ1) is 9.01. The van der Waals surface area contributed by atoms with Gasteiger partial charge in [-0.15, -0.1) is 0 Å². The first-order valence-electron chi connectivity index (χ1n) is 3.14. The molecule has 0 saturated carbocycles. The van der Waals surface area contributed by atoms with Gasteiger partial charge in [0.1, 0.15) is 5.82 Å². The Labute approximate surface area is 78.5 Å². The van der Waals surface area contributed by atoms with Crippen LogP contribution in [-0.4, -0.2) is 0 Å². The van der Waals surface area contributed by atoms with Gasteiger partial charge in [0.25, 0.3) is 0 Å². The highest BCUT2D eigenvalue weighted by Gasteiger charge is 2.08. The molecule has 0 amide bonds.